The largest absolute Gasteiger partial charge is 0.494 e. The van der Waals surface area contributed by atoms with E-state index in [1.165, 1.54) is 5.56 Å². The summed E-state index contributed by atoms with van der Waals surface area (Å²) < 4.78 is 6.73. The number of amides is 1. The van der Waals surface area contributed by atoms with Crippen LogP contribution in [0.4, 0.5) is 5.13 Å². The number of anilines is 1. The number of benzene rings is 2. The molecule has 1 amide bonds. The van der Waals surface area contributed by atoms with E-state index >= 15 is 0 Å². The predicted molar refractivity (Wildman–Crippen MR) is 123 cm³/mol. The van der Waals surface area contributed by atoms with Gasteiger partial charge in [0, 0.05) is 19.6 Å². The molecule has 1 aliphatic rings. The maximum Gasteiger partial charge on any atom is 0.224 e. The van der Waals surface area contributed by atoms with E-state index in [-0.39, 0.29) is 11.8 Å². The Hall–Kier alpha value is -2.60. The normalized spacial score (nSPS) is 16.6. The summed E-state index contributed by atoms with van der Waals surface area (Å²) in [5, 5.41) is 4.14. The molecule has 1 saturated heterocycles. The zero-order chi connectivity index (χ0) is 20.8. The van der Waals surface area contributed by atoms with Crippen LogP contribution >= 0.6 is 11.3 Å². The second-order valence-corrected chi connectivity index (χ2v) is 8.73. The van der Waals surface area contributed by atoms with Crippen molar-refractivity contribution in [1.29, 1.82) is 0 Å². The Morgan fingerprint density at radius 1 is 1.27 bits per heavy atom. The topological polar surface area (TPSA) is 54.5 Å². The number of hydrogen-bond acceptors (Lipinski definition) is 5. The minimum atomic E-state index is 0.0291. The number of thiazole rings is 1. The predicted octanol–water partition coefficient (Wildman–Crippen LogP) is 4.66. The Kier molecular flexibility index (Phi) is 6.84. The molecule has 2 heterocycles. The van der Waals surface area contributed by atoms with E-state index in [9.17, 15) is 4.79 Å². The average Bonchev–Trinajstić information content (AvgIpc) is 3.21. The van der Waals surface area contributed by atoms with Gasteiger partial charge in [0.15, 0.2) is 5.13 Å². The molecule has 1 fully saturated rings. The second-order valence-electron chi connectivity index (χ2n) is 7.72. The molecule has 158 valence electrons. The molecular formula is C24H29N3O2S. The molecule has 0 bridgehead atoms. The van der Waals surface area contributed by atoms with Crippen LogP contribution in [0.1, 0.15) is 31.7 Å². The molecular weight excluding hydrogens is 394 g/mol. The second kappa shape index (κ2) is 9.94. The van der Waals surface area contributed by atoms with E-state index in [4.69, 9.17) is 9.72 Å². The van der Waals surface area contributed by atoms with Crippen molar-refractivity contribution in [2.24, 2.45) is 5.92 Å². The SMILES string of the molecule is CCOc1ccc2nc(N3CCCC(C(=O)NCCCc4ccccc4)C3)sc2c1. The van der Waals surface area contributed by atoms with Gasteiger partial charge in [0.2, 0.25) is 5.91 Å². The number of piperidine rings is 1. The first kappa shape index (κ1) is 20.7. The summed E-state index contributed by atoms with van der Waals surface area (Å²) in [6.45, 7) is 5.07. The van der Waals surface area contributed by atoms with Crippen LogP contribution in [-0.4, -0.2) is 37.1 Å². The van der Waals surface area contributed by atoms with Crippen LogP contribution in [0.5, 0.6) is 5.75 Å². The van der Waals surface area contributed by atoms with Gasteiger partial charge >= 0.3 is 0 Å². The number of rotatable bonds is 8. The van der Waals surface area contributed by atoms with Gasteiger partial charge in [0.1, 0.15) is 5.75 Å². The minimum Gasteiger partial charge on any atom is -0.494 e. The van der Waals surface area contributed by atoms with Gasteiger partial charge in [0.25, 0.3) is 0 Å². The zero-order valence-corrected chi connectivity index (χ0v) is 18.3. The molecule has 1 atom stereocenters. The lowest BCUT2D eigenvalue weighted by Crippen LogP contribution is -2.43. The Bertz CT molecular complexity index is 973. The van der Waals surface area contributed by atoms with E-state index in [1.54, 1.807) is 11.3 Å². The molecule has 2 aromatic carbocycles. The van der Waals surface area contributed by atoms with Crippen LogP contribution in [0.2, 0.25) is 0 Å². The summed E-state index contributed by atoms with van der Waals surface area (Å²) in [6, 6.07) is 16.5. The highest BCUT2D eigenvalue weighted by molar-refractivity contribution is 7.22. The molecule has 4 rings (SSSR count). The van der Waals surface area contributed by atoms with Crippen LogP contribution in [-0.2, 0) is 11.2 Å². The number of aryl methyl sites for hydroxylation is 1. The van der Waals surface area contributed by atoms with E-state index in [0.717, 1.165) is 66.4 Å². The van der Waals surface area contributed by atoms with Gasteiger partial charge in [-0.2, -0.15) is 0 Å². The van der Waals surface area contributed by atoms with Crippen LogP contribution in [0.3, 0.4) is 0 Å². The fourth-order valence-electron chi connectivity index (χ4n) is 3.94. The minimum absolute atomic E-state index is 0.0291. The summed E-state index contributed by atoms with van der Waals surface area (Å²) in [5.41, 5.74) is 2.31. The number of nitrogens with zero attached hydrogens (tertiary/aromatic N) is 2. The van der Waals surface area contributed by atoms with Gasteiger partial charge < -0.3 is 15.0 Å². The Morgan fingerprint density at radius 3 is 2.97 bits per heavy atom. The van der Waals surface area contributed by atoms with Crippen LogP contribution in [0.25, 0.3) is 10.2 Å². The number of nitrogens with one attached hydrogen (secondary N) is 1. The van der Waals surface area contributed by atoms with E-state index < -0.39 is 0 Å². The first-order valence-electron chi connectivity index (χ1n) is 10.8. The van der Waals surface area contributed by atoms with Gasteiger partial charge in [0.05, 0.1) is 22.7 Å². The fourth-order valence-corrected chi connectivity index (χ4v) is 4.97. The van der Waals surface area contributed by atoms with Crippen molar-refractivity contribution in [3.8, 4) is 5.75 Å². The quantitative estimate of drug-likeness (QED) is 0.536. The Labute approximate surface area is 182 Å². The van der Waals surface area contributed by atoms with Gasteiger partial charge in [-0.25, -0.2) is 4.98 Å². The summed E-state index contributed by atoms with van der Waals surface area (Å²) in [4.78, 5) is 19.8. The fraction of sp³-hybridized carbons (Fsp3) is 0.417. The number of hydrogen-bond donors (Lipinski definition) is 1. The molecule has 1 N–H and O–H groups in total. The maximum atomic E-state index is 12.7. The standard InChI is InChI=1S/C24H29N3O2S/c1-2-29-20-12-13-21-22(16-20)30-24(26-21)27-15-7-11-19(17-27)23(28)25-14-6-10-18-8-4-3-5-9-18/h3-5,8-9,12-13,16,19H,2,6-7,10-11,14-15,17H2,1H3,(H,25,28). The van der Waals surface area contributed by atoms with Crippen LogP contribution in [0.15, 0.2) is 48.5 Å². The van der Waals surface area contributed by atoms with Crippen molar-refractivity contribution < 1.29 is 9.53 Å². The number of aromatic nitrogens is 1. The molecule has 3 aromatic rings. The van der Waals surface area contributed by atoms with Crippen molar-refractivity contribution >= 4 is 32.6 Å². The third kappa shape index (κ3) is 5.11. The molecule has 1 unspecified atom stereocenters. The van der Waals surface area contributed by atoms with Crippen molar-refractivity contribution in [2.45, 2.75) is 32.6 Å². The van der Waals surface area contributed by atoms with Gasteiger partial charge in [-0.1, -0.05) is 41.7 Å². The van der Waals surface area contributed by atoms with E-state index in [2.05, 4.69) is 40.5 Å². The average molecular weight is 424 g/mol. The van der Waals surface area contributed by atoms with Crippen molar-refractivity contribution in [2.75, 3.05) is 31.1 Å². The van der Waals surface area contributed by atoms with Gasteiger partial charge in [-0.3, -0.25) is 4.79 Å². The van der Waals surface area contributed by atoms with Crippen LogP contribution < -0.4 is 15.0 Å². The molecule has 0 saturated carbocycles. The number of ether oxygens (including phenoxy) is 1. The lowest BCUT2D eigenvalue weighted by molar-refractivity contribution is -0.125. The number of fused-ring (bicyclic) bond motifs is 1. The number of carbonyl (C=O) groups is 1. The Morgan fingerprint density at radius 2 is 2.13 bits per heavy atom. The lowest BCUT2D eigenvalue weighted by atomic mass is 9.97. The summed E-state index contributed by atoms with van der Waals surface area (Å²) >= 11 is 1.68. The van der Waals surface area contributed by atoms with E-state index in [0.29, 0.717) is 6.61 Å². The molecule has 6 heteroatoms. The molecule has 0 radical (unpaired) electrons. The van der Waals surface area contributed by atoms with Crippen LogP contribution in [0, 0.1) is 5.92 Å². The molecule has 0 aliphatic carbocycles. The van der Waals surface area contributed by atoms with E-state index in [1.807, 2.05) is 25.1 Å². The highest BCUT2D eigenvalue weighted by Crippen LogP contribution is 2.33. The molecule has 1 aromatic heterocycles. The summed E-state index contributed by atoms with van der Waals surface area (Å²) in [5.74, 6) is 1.08. The smallest absolute Gasteiger partial charge is 0.224 e. The summed E-state index contributed by atoms with van der Waals surface area (Å²) in [7, 11) is 0. The maximum absolute atomic E-state index is 12.7. The highest BCUT2D eigenvalue weighted by atomic mass is 32.1. The molecule has 0 spiro atoms. The van der Waals surface area contributed by atoms with Gasteiger partial charge in [-0.15, -0.1) is 0 Å². The van der Waals surface area contributed by atoms with Crippen molar-refractivity contribution in [3.05, 3.63) is 54.1 Å². The first-order valence-corrected chi connectivity index (χ1v) is 11.6. The molecule has 1 aliphatic heterocycles. The monoisotopic (exact) mass is 423 g/mol. The van der Waals surface area contributed by atoms with Crippen molar-refractivity contribution in [1.82, 2.24) is 10.3 Å². The zero-order valence-electron chi connectivity index (χ0n) is 17.5. The third-order valence-corrected chi connectivity index (χ3v) is 6.59. The first-order chi connectivity index (χ1) is 14.7. The lowest BCUT2D eigenvalue weighted by Gasteiger charge is -2.31. The molecule has 5 nitrogen and oxygen atoms in total. The Balaban J connectivity index is 1.31. The van der Waals surface area contributed by atoms with Crippen molar-refractivity contribution in [3.63, 3.8) is 0 Å². The summed E-state index contributed by atoms with van der Waals surface area (Å²) in [6.07, 6.45) is 3.92. The van der Waals surface area contributed by atoms with Gasteiger partial charge in [-0.05, 0) is 56.4 Å². The third-order valence-electron chi connectivity index (χ3n) is 5.51. The highest BCUT2D eigenvalue weighted by Gasteiger charge is 2.27. The number of carbonyl (C=O) groups excluding carboxylic acids is 1. The molecule has 30 heavy (non-hydrogen) atoms.